The maximum Gasteiger partial charge on any atom is 0.325 e. The first-order chi connectivity index (χ1) is 23.6. The van der Waals surface area contributed by atoms with Crippen molar-refractivity contribution in [1.82, 2.24) is 19.6 Å². The van der Waals surface area contributed by atoms with E-state index in [1.807, 2.05) is 79.8 Å². The minimum absolute atomic E-state index is 0.0603. The number of carbonyl (C=O) groups is 2. The molecule has 1 aliphatic rings. The van der Waals surface area contributed by atoms with E-state index in [2.05, 4.69) is 11.5 Å². The highest BCUT2D eigenvalue weighted by Crippen LogP contribution is 2.42. The molecule has 10 heteroatoms. The molecule has 1 heterocycles. The first-order valence-electron chi connectivity index (χ1n) is 17.4. The minimum atomic E-state index is -0.390. The topological polar surface area (TPSA) is 117 Å². The molecule has 1 aliphatic heterocycles. The summed E-state index contributed by atoms with van der Waals surface area (Å²) >= 11 is 0. The molecule has 0 radical (unpaired) electrons. The molecule has 0 unspecified atom stereocenters. The van der Waals surface area contributed by atoms with Crippen LogP contribution >= 0.6 is 0 Å². The molecule has 3 N–H and O–H groups in total. The molecule has 1 saturated heterocycles. The van der Waals surface area contributed by atoms with Crippen LogP contribution in [-0.2, 0) is 10.2 Å². The van der Waals surface area contributed by atoms with Crippen molar-refractivity contribution in [2.75, 3.05) is 46.4 Å². The van der Waals surface area contributed by atoms with Crippen LogP contribution in [0.1, 0.15) is 77.6 Å². The smallest absolute Gasteiger partial charge is 0.325 e. The van der Waals surface area contributed by atoms with Gasteiger partial charge in [-0.05, 0) is 74.6 Å². The summed E-state index contributed by atoms with van der Waals surface area (Å²) in [5.74, 6) is 1.19. The van der Waals surface area contributed by atoms with Crippen molar-refractivity contribution in [3.63, 3.8) is 0 Å². The second-order valence-electron chi connectivity index (χ2n) is 13.9. The van der Waals surface area contributed by atoms with Crippen LogP contribution in [0.2, 0.25) is 0 Å². The molecule has 0 saturated carbocycles. The Kier molecular flexibility index (Phi) is 14.1. The number of rotatable bonds is 10. The van der Waals surface area contributed by atoms with Crippen molar-refractivity contribution in [3.8, 4) is 23.0 Å². The standard InChI is InChI=1S/C34H50N4O5.C6H6O/c1-10-29(25-12-14-26(39)15-13-25)38(24(5)27-20-30(40)28(34(6,7)8)21-31(27)43-11-2)33(42)37-18-16-36(17-19-37)22-32(41)35(9)23(3)4;7-6-4-2-1-3-5-6/h12-15,20-21,23,29,39-40H,5,10-11,16-19,22H2,1-4,6-9H3;1-5,7H/t29-;/m0./s1. The van der Waals surface area contributed by atoms with Crippen molar-refractivity contribution in [1.29, 1.82) is 0 Å². The Morgan fingerprint density at radius 1 is 0.900 bits per heavy atom. The molecular formula is C40H56N4O6. The van der Waals surface area contributed by atoms with Crippen molar-refractivity contribution in [2.24, 2.45) is 0 Å². The molecule has 10 nitrogen and oxygen atoms in total. The minimum Gasteiger partial charge on any atom is -0.508 e. The highest BCUT2D eigenvalue weighted by molar-refractivity contribution is 5.87. The van der Waals surface area contributed by atoms with E-state index in [4.69, 9.17) is 9.84 Å². The Balaban J connectivity index is 0.000000857. The Morgan fingerprint density at radius 3 is 1.96 bits per heavy atom. The fourth-order valence-corrected chi connectivity index (χ4v) is 5.77. The van der Waals surface area contributed by atoms with Gasteiger partial charge in [0.2, 0.25) is 5.91 Å². The van der Waals surface area contributed by atoms with Gasteiger partial charge in [-0.15, -0.1) is 0 Å². The molecule has 3 aromatic rings. The van der Waals surface area contributed by atoms with Crippen LogP contribution in [0, 0.1) is 0 Å². The normalized spacial score (nSPS) is 14.0. The largest absolute Gasteiger partial charge is 0.508 e. The monoisotopic (exact) mass is 688 g/mol. The molecule has 3 aromatic carbocycles. The zero-order chi connectivity index (χ0) is 37.2. The zero-order valence-electron chi connectivity index (χ0n) is 31.0. The molecule has 1 atom stereocenters. The summed E-state index contributed by atoms with van der Waals surface area (Å²) < 4.78 is 6.05. The summed E-state index contributed by atoms with van der Waals surface area (Å²) in [5.41, 5.74) is 2.22. The van der Waals surface area contributed by atoms with Crippen LogP contribution in [0.15, 0.2) is 73.3 Å². The molecule has 1 fully saturated rings. The number of piperazine rings is 1. The van der Waals surface area contributed by atoms with Gasteiger partial charge in [-0.2, -0.15) is 0 Å². The van der Waals surface area contributed by atoms with E-state index < -0.39 is 0 Å². The van der Waals surface area contributed by atoms with Crippen molar-refractivity contribution < 1.29 is 29.6 Å². The number of hydrogen-bond donors (Lipinski definition) is 3. The number of amides is 3. The molecule has 50 heavy (non-hydrogen) atoms. The fraction of sp³-hybridized carbons (Fsp3) is 0.450. The molecule has 4 rings (SSSR count). The third-order valence-electron chi connectivity index (χ3n) is 8.92. The number of phenols is 3. The quantitative estimate of drug-likeness (QED) is 0.206. The molecular weight excluding hydrogens is 632 g/mol. The van der Waals surface area contributed by atoms with Gasteiger partial charge in [0, 0.05) is 50.4 Å². The average molecular weight is 689 g/mol. The van der Waals surface area contributed by atoms with E-state index in [-0.39, 0.29) is 40.9 Å². The van der Waals surface area contributed by atoms with Gasteiger partial charge in [-0.1, -0.05) is 64.6 Å². The molecule has 0 aromatic heterocycles. The van der Waals surface area contributed by atoms with Gasteiger partial charge in [-0.3, -0.25) is 14.6 Å². The van der Waals surface area contributed by atoms with E-state index in [0.29, 0.717) is 68.5 Å². The van der Waals surface area contributed by atoms with Gasteiger partial charge < -0.3 is 29.9 Å². The molecule has 3 amide bonds. The van der Waals surface area contributed by atoms with Crippen molar-refractivity contribution in [2.45, 2.75) is 72.4 Å². The van der Waals surface area contributed by atoms with Crippen LogP contribution in [0.4, 0.5) is 4.79 Å². The number of nitrogens with zero attached hydrogens (tertiary/aromatic N) is 4. The second kappa shape index (κ2) is 17.8. The Labute approximate surface area is 298 Å². The third kappa shape index (κ3) is 10.4. The lowest BCUT2D eigenvalue weighted by atomic mass is 9.85. The van der Waals surface area contributed by atoms with Gasteiger partial charge >= 0.3 is 6.03 Å². The first-order valence-corrected chi connectivity index (χ1v) is 17.4. The van der Waals surface area contributed by atoms with Crippen LogP contribution in [0.5, 0.6) is 23.0 Å². The second-order valence-corrected chi connectivity index (χ2v) is 13.9. The lowest BCUT2D eigenvalue weighted by Crippen LogP contribution is -2.54. The van der Waals surface area contributed by atoms with E-state index in [1.54, 1.807) is 57.2 Å². The maximum atomic E-state index is 14.4. The summed E-state index contributed by atoms with van der Waals surface area (Å²) in [6.07, 6.45) is 0.585. The number of hydrogen-bond acceptors (Lipinski definition) is 7. The number of phenolic OH excluding ortho intramolecular Hbond substituents is 3. The first kappa shape index (κ1) is 39.7. The predicted molar refractivity (Wildman–Crippen MR) is 199 cm³/mol. The molecule has 0 bridgehead atoms. The van der Waals surface area contributed by atoms with E-state index in [1.165, 1.54) is 0 Å². The Bertz CT molecular complexity index is 1560. The zero-order valence-corrected chi connectivity index (χ0v) is 31.0. The van der Waals surface area contributed by atoms with E-state index >= 15 is 0 Å². The molecule has 272 valence electrons. The van der Waals surface area contributed by atoms with Gasteiger partial charge in [-0.25, -0.2) is 4.79 Å². The highest BCUT2D eigenvalue weighted by atomic mass is 16.5. The number of carbonyl (C=O) groups excluding carboxylic acids is 2. The lowest BCUT2D eigenvalue weighted by Gasteiger charge is -2.41. The van der Waals surface area contributed by atoms with Gasteiger partial charge in [0.25, 0.3) is 0 Å². The summed E-state index contributed by atoms with van der Waals surface area (Å²) in [4.78, 5) is 34.4. The Morgan fingerprint density at radius 2 is 1.48 bits per heavy atom. The van der Waals surface area contributed by atoms with E-state index in [9.17, 15) is 19.8 Å². The summed E-state index contributed by atoms with van der Waals surface area (Å²) in [5, 5.41) is 29.6. The van der Waals surface area contributed by atoms with Crippen LogP contribution in [0.3, 0.4) is 0 Å². The SMILES string of the molecule is C=C(c1cc(O)c(C(C)(C)C)cc1OCC)N(C(=O)N1CCN(CC(=O)N(C)C(C)C)CC1)[C@@H](CC)c1ccc(O)cc1.Oc1ccccc1. The van der Waals surface area contributed by atoms with Crippen molar-refractivity contribution >= 4 is 17.6 Å². The van der Waals surface area contributed by atoms with Crippen molar-refractivity contribution in [3.05, 3.63) is 90.0 Å². The predicted octanol–water partition coefficient (Wildman–Crippen LogP) is 7.21. The van der Waals surface area contributed by atoms with Gasteiger partial charge in [0.05, 0.1) is 24.9 Å². The van der Waals surface area contributed by atoms with Crippen LogP contribution in [-0.4, -0.2) is 99.3 Å². The fourth-order valence-electron chi connectivity index (χ4n) is 5.77. The highest BCUT2D eigenvalue weighted by Gasteiger charge is 2.34. The van der Waals surface area contributed by atoms with E-state index in [0.717, 1.165) is 11.1 Å². The molecule has 0 aliphatic carbocycles. The summed E-state index contributed by atoms with van der Waals surface area (Å²) in [6.45, 7) is 21.1. The number of ether oxygens (including phenoxy) is 1. The number of likely N-dealkylation sites (N-methyl/N-ethyl adjacent to an activating group) is 1. The lowest BCUT2D eigenvalue weighted by molar-refractivity contribution is -0.132. The van der Waals surface area contributed by atoms with Gasteiger partial charge in [0.1, 0.15) is 23.0 Å². The molecule has 0 spiro atoms. The summed E-state index contributed by atoms with van der Waals surface area (Å²) in [7, 11) is 1.81. The third-order valence-corrected chi connectivity index (χ3v) is 8.92. The summed E-state index contributed by atoms with van der Waals surface area (Å²) in [6, 6.07) is 18.6. The maximum absolute atomic E-state index is 14.4. The Hall–Kier alpha value is -4.70. The number of urea groups is 1. The average Bonchev–Trinajstić information content (AvgIpc) is 3.08. The van der Waals surface area contributed by atoms with Crippen LogP contribution < -0.4 is 4.74 Å². The van der Waals surface area contributed by atoms with Crippen LogP contribution in [0.25, 0.3) is 5.70 Å². The number of aromatic hydroxyl groups is 3. The van der Waals surface area contributed by atoms with Gasteiger partial charge in [0.15, 0.2) is 0 Å². The number of benzene rings is 3. The number of para-hydroxylation sites is 1.